The number of rotatable bonds is 5. The normalized spacial score (nSPS) is 17.5. The number of hydrogen-bond donors (Lipinski definition) is 1. The molecule has 8 nitrogen and oxygen atoms in total. The van der Waals surface area contributed by atoms with E-state index < -0.39 is 18.1 Å². The molecule has 3 aromatic rings. The molecule has 1 N–H and O–H groups in total. The zero-order valence-corrected chi connectivity index (χ0v) is 20.8. The van der Waals surface area contributed by atoms with Gasteiger partial charge in [0.05, 0.1) is 23.2 Å². The third-order valence-corrected chi connectivity index (χ3v) is 7.84. The smallest absolute Gasteiger partial charge is 0.253 e. The Morgan fingerprint density at radius 2 is 1.97 bits per heavy atom. The van der Waals surface area contributed by atoms with Crippen molar-refractivity contribution in [2.24, 2.45) is 0 Å². The molecule has 2 aromatic carbocycles. The first kappa shape index (κ1) is 24.0. The van der Waals surface area contributed by atoms with Crippen LogP contribution in [0.15, 0.2) is 42.6 Å². The Hall–Kier alpha value is -3.75. The minimum atomic E-state index is -0.781. The molecule has 0 aliphatic carbocycles. The molecular weight excluding hydrogens is 461 g/mol. The maximum atomic E-state index is 13.9. The number of hydrogen-bond acceptors (Lipinski definition) is 4. The Bertz CT molecular complexity index is 1340. The number of halogens is 1. The predicted molar refractivity (Wildman–Crippen MR) is 135 cm³/mol. The van der Waals surface area contributed by atoms with Crippen molar-refractivity contribution in [3.05, 3.63) is 59.3 Å². The number of benzene rings is 2. The number of aromatic amines is 1. The highest BCUT2D eigenvalue weighted by Crippen LogP contribution is 2.49. The predicted octanol–water partition coefficient (Wildman–Crippen LogP) is 3.21. The lowest BCUT2D eigenvalue weighted by Crippen LogP contribution is -2.52. The minimum absolute atomic E-state index is 0.0720. The van der Waals surface area contributed by atoms with E-state index in [1.807, 2.05) is 37.3 Å². The van der Waals surface area contributed by atoms with E-state index >= 15 is 0 Å². The lowest BCUT2D eigenvalue weighted by molar-refractivity contribution is -0.133. The SMILES string of the molecule is Cc1cccc2c1C1(CCN(C(=O)c3ccc4[nH]ncc4c3)CC1)C(=O)N2CC(=O)N(C)C(C)CF. The summed E-state index contributed by atoms with van der Waals surface area (Å²) in [4.78, 5) is 44.8. The van der Waals surface area contributed by atoms with Crippen LogP contribution < -0.4 is 4.90 Å². The molecule has 0 bridgehead atoms. The standard InChI is InChI=1S/C27H30FN5O3/c1-17-5-4-6-22-24(17)27(26(36)33(22)16-23(34)31(3)18(2)14-28)9-11-32(12-10-27)25(35)19-7-8-21-20(13-19)15-29-30-21/h4-8,13,15,18H,9-12,14,16H2,1-3H3,(H,29,30). The highest BCUT2D eigenvalue weighted by Gasteiger charge is 2.53. The molecule has 1 atom stereocenters. The molecule has 0 saturated carbocycles. The van der Waals surface area contributed by atoms with Gasteiger partial charge in [0.2, 0.25) is 11.8 Å². The first-order valence-electron chi connectivity index (χ1n) is 12.2. The maximum absolute atomic E-state index is 13.9. The summed E-state index contributed by atoms with van der Waals surface area (Å²) in [5.41, 5.74) is 3.35. The number of aryl methyl sites for hydroxylation is 1. The van der Waals surface area contributed by atoms with E-state index in [0.717, 1.165) is 27.7 Å². The Morgan fingerprint density at radius 1 is 1.22 bits per heavy atom. The largest absolute Gasteiger partial charge is 0.339 e. The first-order chi connectivity index (χ1) is 17.3. The van der Waals surface area contributed by atoms with E-state index in [1.165, 1.54) is 4.90 Å². The van der Waals surface area contributed by atoms with Crippen LogP contribution in [0.5, 0.6) is 0 Å². The van der Waals surface area contributed by atoms with Gasteiger partial charge in [-0.1, -0.05) is 12.1 Å². The van der Waals surface area contributed by atoms with E-state index in [9.17, 15) is 18.8 Å². The molecule has 5 rings (SSSR count). The number of piperidine rings is 1. The number of nitrogens with one attached hydrogen (secondary N) is 1. The molecule has 1 fully saturated rings. The molecule has 9 heteroatoms. The molecule has 36 heavy (non-hydrogen) atoms. The van der Waals surface area contributed by atoms with Gasteiger partial charge < -0.3 is 14.7 Å². The van der Waals surface area contributed by atoms with Crippen LogP contribution in [-0.4, -0.2) is 77.1 Å². The topological polar surface area (TPSA) is 89.6 Å². The first-order valence-corrected chi connectivity index (χ1v) is 12.2. The van der Waals surface area contributed by atoms with Gasteiger partial charge in [-0.15, -0.1) is 0 Å². The molecular formula is C27H30FN5O3. The fourth-order valence-electron chi connectivity index (χ4n) is 5.54. The van der Waals surface area contributed by atoms with E-state index in [4.69, 9.17) is 0 Å². The van der Waals surface area contributed by atoms with Gasteiger partial charge in [0, 0.05) is 36.8 Å². The zero-order chi connectivity index (χ0) is 25.6. The number of carbonyl (C=O) groups excluding carboxylic acids is 3. The summed E-state index contributed by atoms with van der Waals surface area (Å²) in [5.74, 6) is -0.495. The second kappa shape index (κ2) is 9.04. The Labute approximate surface area is 209 Å². The summed E-state index contributed by atoms with van der Waals surface area (Å²) in [7, 11) is 1.56. The third-order valence-electron chi connectivity index (χ3n) is 7.84. The van der Waals surface area contributed by atoms with Crippen LogP contribution >= 0.6 is 0 Å². The lowest BCUT2D eigenvalue weighted by atomic mass is 9.72. The number of alkyl halides is 1. The van der Waals surface area contributed by atoms with Crippen LogP contribution in [0.25, 0.3) is 10.9 Å². The maximum Gasteiger partial charge on any atom is 0.253 e. The van der Waals surface area contributed by atoms with Gasteiger partial charge in [0.25, 0.3) is 5.91 Å². The average Bonchev–Trinajstić information content (AvgIpc) is 3.45. The van der Waals surface area contributed by atoms with Crippen LogP contribution in [0.4, 0.5) is 10.1 Å². The second-order valence-corrected chi connectivity index (χ2v) is 9.91. The van der Waals surface area contributed by atoms with Crippen molar-refractivity contribution in [1.82, 2.24) is 20.0 Å². The van der Waals surface area contributed by atoms with Gasteiger partial charge in [-0.3, -0.25) is 19.5 Å². The number of aromatic nitrogens is 2. The summed E-state index contributed by atoms with van der Waals surface area (Å²) in [6.45, 7) is 3.71. The Morgan fingerprint density at radius 3 is 2.69 bits per heavy atom. The van der Waals surface area contributed by atoms with Crippen molar-refractivity contribution >= 4 is 34.3 Å². The van der Waals surface area contributed by atoms with Gasteiger partial charge in [0.15, 0.2) is 0 Å². The fraction of sp³-hybridized carbons (Fsp3) is 0.407. The van der Waals surface area contributed by atoms with Crippen molar-refractivity contribution in [3.8, 4) is 0 Å². The summed E-state index contributed by atoms with van der Waals surface area (Å²) in [6, 6.07) is 10.6. The van der Waals surface area contributed by atoms with E-state index in [0.29, 0.717) is 31.5 Å². The number of likely N-dealkylation sites (tertiary alicyclic amines) is 1. The van der Waals surface area contributed by atoms with Gasteiger partial charge in [-0.05, 0) is 62.1 Å². The quantitative estimate of drug-likeness (QED) is 0.594. The summed E-state index contributed by atoms with van der Waals surface area (Å²) < 4.78 is 13.1. The van der Waals surface area contributed by atoms with Crippen molar-refractivity contribution in [2.75, 3.05) is 38.3 Å². The molecule has 1 saturated heterocycles. The van der Waals surface area contributed by atoms with Crippen molar-refractivity contribution < 1.29 is 18.8 Å². The van der Waals surface area contributed by atoms with E-state index in [-0.39, 0.29) is 24.3 Å². The van der Waals surface area contributed by atoms with Crippen LogP contribution in [-0.2, 0) is 15.0 Å². The highest BCUT2D eigenvalue weighted by molar-refractivity contribution is 6.11. The lowest BCUT2D eigenvalue weighted by Gasteiger charge is -2.39. The molecule has 3 heterocycles. The van der Waals surface area contributed by atoms with Gasteiger partial charge in [-0.25, -0.2) is 4.39 Å². The Kier molecular flexibility index (Phi) is 6.02. The summed E-state index contributed by atoms with van der Waals surface area (Å²) >= 11 is 0. The molecule has 3 amide bonds. The fourth-order valence-corrected chi connectivity index (χ4v) is 5.54. The third kappa shape index (κ3) is 3.73. The molecule has 2 aliphatic heterocycles. The van der Waals surface area contributed by atoms with Crippen LogP contribution in [0, 0.1) is 6.92 Å². The number of fused-ring (bicyclic) bond motifs is 3. The molecule has 188 valence electrons. The second-order valence-electron chi connectivity index (χ2n) is 9.91. The highest BCUT2D eigenvalue weighted by atomic mass is 19.1. The summed E-state index contributed by atoms with van der Waals surface area (Å²) in [5, 5.41) is 7.78. The van der Waals surface area contributed by atoms with Crippen LogP contribution in [0.1, 0.15) is 41.3 Å². The number of H-pyrrole nitrogens is 1. The van der Waals surface area contributed by atoms with Gasteiger partial charge in [0.1, 0.15) is 13.2 Å². The molecule has 1 unspecified atom stereocenters. The molecule has 1 aromatic heterocycles. The number of amides is 3. The van der Waals surface area contributed by atoms with Crippen molar-refractivity contribution in [3.63, 3.8) is 0 Å². The number of likely N-dealkylation sites (N-methyl/N-ethyl adjacent to an activating group) is 1. The molecule has 2 aliphatic rings. The van der Waals surface area contributed by atoms with Crippen molar-refractivity contribution in [1.29, 1.82) is 0 Å². The number of carbonyl (C=O) groups is 3. The number of anilines is 1. The minimum Gasteiger partial charge on any atom is -0.339 e. The number of nitrogens with zero attached hydrogens (tertiary/aromatic N) is 4. The van der Waals surface area contributed by atoms with Gasteiger partial charge in [-0.2, -0.15) is 5.10 Å². The zero-order valence-electron chi connectivity index (χ0n) is 20.8. The van der Waals surface area contributed by atoms with Gasteiger partial charge >= 0.3 is 0 Å². The van der Waals surface area contributed by atoms with Crippen LogP contribution in [0.2, 0.25) is 0 Å². The van der Waals surface area contributed by atoms with E-state index in [1.54, 1.807) is 36.0 Å². The van der Waals surface area contributed by atoms with Crippen LogP contribution in [0.3, 0.4) is 0 Å². The van der Waals surface area contributed by atoms with E-state index in [2.05, 4.69) is 10.2 Å². The van der Waals surface area contributed by atoms with Crippen molar-refractivity contribution in [2.45, 2.75) is 38.1 Å². The molecule has 0 radical (unpaired) electrons. The molecule has 1 spiro atoms. The monoisotopic (exact) mass is 491 g/mol. The average molecular weight is 492 g/mol. The summed E-state index contributed by atoms with van der Waals surface area (Å²) in [6.07, 6.45) is 2.64. The Balaban J connectivity index is 1.39.